The molecule has 384 valence electrons. The maximum absolute atomic E-state index is 10.1. The summed E-state index contributed by atoms with van der Waals surface area (Å²) in [4.78, 5) is 37.3. The Morgan fingerprint density at radius 3 is 0.890 bits per heavy atom. The fourth-order valence-electron chi connectivity index (χ4n) is 10.7. The second-order valence-corrected chi connectivity index (χ2v) is 19.8. The van der Waals surface area contributed by atoms with Crippen LogP contribution in [0.15, 0.2) is 285 Å². The summed E-state index contributed by atoms with van der Waals surface area (Å²) in [6.07, 6.45) is 0. The van der Waals surface area contributed by atoms with E-state index in [0.29, 0.717) is 23.2 Å². The van der Waals surface area contributed by atoms with E-state index in [-0.39, 0.29) is 0 Å². The fourth-order valence-corrected chi connectivity index (χ4v) is 10.7. The molecule has 0 unspecified atom stereocenters. The van der Waals surface area contributed by atoms with Crippen molar-refractivity contribution in [2.75, 3.05) is 9.80 Å². The number of aromatic nitrogens is 6. The van der Waals surface area contributed by atoms with Crippen molar-refractivity contribution in [1.29, 1.82) is 5.26 Å². The molecule has 9 heteroatoms. The maximum Gasteiger partial charge on any atom is 0.235 e. The number of hydrogen-bond donors (Lipinski definition) is 0. The number of nitriles is 1. The molecule has 0 aliphatic carbocycles. The van der Waals surface area contributed by atoms with Crippen LogP contribution in [0.1, 0.15) is 5.56 Å². The zero-order valence-corrected chi connectivity index (χ0v) is 44.2. The first-order valence-corrected chi connectivity index (χ1v) is 27.1. The Kier molecular flexibility index (Phi) is 12.8. The van der Waals surface area contributed by atoms with Gasteiger partial charge in [-0.3, -0.25) is 4.90 Å². The normalized spacial score (nSPS) is 11.6. The van der Waals surface area contributed by atoms with E-state index < -0.39 is 0 Å². The van der Waals surface area contributed by atoms with Gasteiger partial charge >= 0.3 is 0 Å². The number of anilines is 6. The Hall–Kier alpha value is -11.5. The van der Waals surface area contributed by atoms with Gasteiger partial charge in [-0.2, -0.15) is 5.26 Å². The predicted molar refractivity (Wildman–Crippen MR) is 330 cm³/mol. The van der Waals surface area contributed by atoms with Crippen molar-refractivity contribution in [3.8, 4) is 108 Å². The highest BCUT2D eigenvalue weighted by Gasteiger charge is 2.35. The summed E-state index contributed by atoms with van der Waals surface area (Å²) >= 11 is 0. The zero-order chi connectivity index (χ0) is 54.8. The number of rotatable bonds is 11. The van der Waals surface area contributed by atoms with Crippen molar-refractivity contribution in [1.82, 2.24) is 29.9 Å². The number of para-hydroxylation sites is 4. The van der Waals surface area contributed by atoms with Crippen molar-refractivity contribution in [3.05, 3.63) is 291 Å². The highest BCUT2D eigenvalue weighted by Crippen LogP contribution is 2.56. The molecule has 1 aliphatic rings. The summed E-state index contributed by atoms with van der Waals surface area (Å²) in [5.74, 6) is 1.52. The lowest BCUT2D eigenvalue weighted by atomic mass is 9.92. The van der Waals surface area contributed by atoms with Crippen molar-refractivity contribution in [2.45, 2.75) is 0 Å². The van der Waals surface area contributed by atoms with Crippen molar-refractivity contribution >= 4 is 34.4 Å². The van der Waals surface area contributed by atoms with Crippen LogP contribution in [-0.4, -0.2) is 29.9 Å². The van der Waals surface area contributed by atoms with Gasteiger partial charge in [-0.15, -0.1) is 0 Å². The molecule has 13 aromatic rings. The third kappa shape index (κ3) is 9.38. The third-order valence-corrected chi connectivity index (χ3v) is 14.7. The van der Waals surface area contributed by atoms with E-state index in [2.05, 4.69) is 168 Å². The Balaban J connectivity index is 1.07. The van der Waals surface area contributed by atoms with Crippen molar-refractivity contribution in [3.63, 3.8) is 0 Å². The highest BCUT2D eigenvalue weighted by molar-refractivity contribution is 6.05. The van der Waals surface area contributed by atoms with Crippen molar-refractivity contribution in [2.24, 2.45) is 0 Å². The molecule has 82 heavy (non-hydrogen) atoms. The van der Waals surface area contributed by atoms with Crippen LogP contribution in [0.3, 0.4) is 0 Å². The zero-order valence-electron chi connectivity index (χ0n) is 44.2. The van der Waals surface area contributed by atoms with E-state index in [0.717, 1.165) is 118 Å². The Labute approximate surface area is 475 Å². The van der Waals surface area contributed by atoms with Gasteiger partial charge in [-0.25, -0.2) is 29.9 Å². The minimum Gasteiger partial charge on any atom is -0.306 e. The average Bonchev–Trinajstić information content (AvgIpc) is 2.46. The van der Waals surface area contributed by atoms with Gasteiger partial charge in [0.2, 0.25) is 5.95 Å². The van der Waals surface area contributed by atoms with E-state index in [9.17, 15) is 5.26 Å². The van der Waals surface area contributed by atoms with Gasteiger partial charge in [-0.05, 0) is 77.9 Å². The lowest BCUT2D eigenvalue weighted by Crippen LogP contribution is -2.26. The highest BCUT2D eigenvalue weighted by atomic mass is 15.3. The number of benzene rings is 10. The van der Waals surface area contributed by atoms with Gasteiger partial charge in [0.05, 0.1) is 74.2 Å². The molecule has 14 rings (SSSR count). The topological polar surface area (TPSA) is 108 Å². The first-order valence-electron chi connectivity index (χ1n) is 27.1. The summed E-state index contributed by atoms with van der Waals surface area (Å²) in [7, 11) is 0. The van der Waals surface area contributed by atoms with Crippen LogP contribution in [0.5, 0.6) is 0 Å². The second-order valence-electron chi connectivity index (χ2n) is 19.8. The first kappa shape index (κ1) is 48.9. The largest absolute Gasteiger partial charge is 0.306 e. The molecule has 1 aliphatic heterocycles. The molecule has 0 bridgehead atoms. The molecule has 0 saturated heterocycles. The summed E-state index contributed by atoms with van der Waals surface area (Å²) in [6, 6.07) is 98.9. The van der Waals surface area contributed by atoms with Gasteiger partial charge < -0.3 is 4.90 Å². The molecular formula is C73H47N9. The van der Waals surface area contributed by atoms with Crippen molar-refractivity contribution < 1.29 is 0 Å². The molecule has 0 N–H and O–H groups in total. The summed E-state index contributed by atoms with van der Waals surface area (Å²) < 4.78 is 0. The Bertz CT molecular complexity index is 4280. The molecule has 0 amide bonds. The molecular weight excluding hydrogens is 1000 g/mol. The fraction of sp³-hybridized carbons (Fsp3) is 0. The van der Waals surface area contributed by atoms with E-state index in [4.69, 9.17) is 29.9 Å². The number of nitrogens with zero attached hydrogens (tertiary/aromatic N) is 9. The number of hydrogen-bond acceptors (Lipinski definition) is 9. The maximum atomic E-state index is 10.1. The van der Waals surface area contributed by atoms with Gasteiger partial charge in [0.15, 0.2) is 11.6 Å². The van der Waals surface area contributed by atoms with Gasteiger partial charge in [0.1, 0.15) is 0 Å². The second kappa shape index (κ2) is 21.4. The smallest absolute Gasteiger partial charge is 0.235 e. The molecule has 0 radical (unpaired) electrons. The SMILES string of the molecule is N#Cc1ccc(-c2cc(N3c4ccccc4N(c4nc(-c5ccccc5)cc(-c5ccccc5)n4)c4ccccc43)c(-c3nc(-c4ccccc4)cc(-c4ccccc4)n3)cc2-c2nc(-c3ccccc3)cc(-c3ccccc3)n2)cc1. The van der Waals surface area contributed by atoms with E-state index in [1.54, 1.807) is 0 Å². The minimum atomic E-state index is 0.495. The van der Waals surface area contributed by atoms with Crippen LogP contribution in [-0.2, 0) is 0 Å². The molecule has 10 aromatic carbocycles. The standard InChI is InChI=1S/C73H47N9/c74-48-49-39-41-50(42-40-49)57-44-70(81-66-35-19-21-37-68(66)82(69-38-22-20-36-67(69)81)73-79-64(55-31-15-5-16-32-55)47-65(80-73)56-33-17-6-18-34-56)59(72-77-62(53-27-11-3-12-28-53)46-63(78-72)54-29-13-4-14-30-54)43-58(57)71-75-60(51-23-7-1-8-24-51)45-61(76-71)52-25-9-2-10-26-52/h1-47H. The van der Waals surface area contributed by atoms with Crippen LogP contribution in [0.4, 0.5) is 34.4 Å². The average molecular weight is 1050 g/mol. The number of fused-ring (bicyclic) bond motifs is 2. The third-order valence-electron chi connectivity index (χ3n) is 14.7. The van der Waals surface area contributed by atoms with Gasteiger partial charge in [0, 0.05) is 44.5 Å². The Morgan fingerprint density at radius 2 is 0.549 bits per heavy atom. The van der Waals surface area contributed by atoms with E-state index in [1.807, 2.05) is 133 Å². The molecule has 3 aromatic heterocycles. The summed E-state index contributed by atoms with van der Waals surface area (Å²) in [5.41, 5.74) is 18.3. The monoisotopic (exact) mass is 1050 g/mol. The van der Waals surface area contributed by atoms with Gasteiger partial charge in [-0.1, -0.05) is 218 Å². The molecule has 4 heterocycles. The molecule has 0 spiro atoms. The predicted octanol–water partition coefficient (Wildman–Crippen LogP) is 18.2. The summed E-state index contributed by atoms with van der Waals surface area (Å²) in [6.45, 7) is 0. The first-order chi connectivity index (χ1) is 40.6. The van der Waals surface area contributed by atoms with Crippen LogP contribution in [0.25, 0.3) is 101 Å². The van der Waals surface area contributed by atoms with Crippen LogP contribution in [0.2, 0.25) is 0 Å². The van der Waals surface area contributed by atoms with Crippen LogP contribution >= 0.6 is 0 Å². The molecule has 0 fully saturated rings. The minimum absolute atomic E-state index is 0.495. The van der Waals surface area contributed by atoms with Crippen LogP contribution < -0.4 is 9.80 Å². The molecule has 0 saturated carbocycles. The molecule has 0 atom stereocenters. The lowest BCUT2D eigenvalue weighted by molar-refractivity contribution is 1.06. The van der Waals surface area contributed by atoms with E-state index in [1.165, 1.54) is 0 Å². The summed E-state index contributed by atoms with van der Waals surface area (Å²) in [5, 5.41) is 10.1. The lowest BCUT2D eigenvalue weighted by Gasteiger charge is -2.40. The molecule has 9 nitrogen and oxygen atoms in total. The quantitative estimate of drug-likeness (QED) is 0.125. The van der Waals surface area contributed by atoms with E-state index >= 15 is 0 Å². The van der Waals surface area contributed by atoms with Crippen LogP contribution in [0, 0.1) is 11.3 Å². The Morgan fingerprint density at radius 1 is 0.244 bits per heavy atom. The van der Waals surface area contributed by atoms with Gasteiger partial charge in [0.25, 0.3) is 0 Å².